The van der Waals surface area contributed by atoms with Crippen LogP contribution in [0.3, 0.4) is 0 Å². The summed E-state index contributed by atoms with van der Waals surface area (Å²) in [6.07, 6.45) is 3.91. The number of rotatable bonds is 5. The Balaban J connectivity index is 1.77. The molecule has 0 aliphatic heterocycles. The van der Waals surface area contributed by atoms with Crippen molar-refractivity contribution in [1.82, 2.24) is 24.6 Å². The van der Waals surface area contributed by atoms with Crippen LogP contribution in [0.15, 0.2) is 23.8 Å². The molecule has 0 saturated heterocycles. The zero-order chi connectivity index (χ0) is 14.8. The van der Waals surface area contributed by atoms with Gasteiger partial charge in [-0.25, -0.2) is 9.97 Å². The van der Waals surface area contributed by atoms with E-state index in [4.69, 9.17) is 0 Å². The van der Waals surface area contributed by atoms with Crippen LogP contribution in [-0.4, -0.2) is 38.7 Å². The van der Waals surface area contributed by atoms with Crippen LogP contribution in [0.4, 0.5) is 5.82 Å². The zero-order valence-corrected chi connectivity index (χ0v) is 13.2. The Labute approximate surface area is 127 Å². The first-order chi connectivity index (χ1) is 10.2. The van der Waals surface area contributed by atoms with Gasteiger partial charge in [-0.3, -0.25) is 9.58 Å². The van der Waals surface area contributed by atoms with Crippen molar-refractivity contribution in [3.63, 3.8) is 0 Å². The molecule has 0 radical (unpaired) electrons. The average molecular weight is 302 g/mol. The standard InChI is InChI=1S/C14H18N6S/c1-15-13-11-4-5-21-14(11)18-12(17-13)9-19(2)7-10-6-16-20(3)8-10/h4-6,8H,7,9H2,1-3H3,(H,15,17,18). The lowest BCUT2D eigenvalue weighted by molar-refractivity contribution is 0.311. The second-order valence-electron chi connectivity index (χ2n) is 5.07. The molecule has 0 spiro atoms. The first-order valence-corrected chi connectivity index (χ1v) is 7.61. The Morgan fingerprint density at radius 2 is 2.19 bits per heavy atom. The second kappa shape index (κ2) is 5.79. The van der Waals surface area contributed by atoms with Crippen molar-refractivity contribution in [2.45, 2.75) is 13.1 Å². The van der Waals surface area contributed by atoms with Gasteiger partial charge in [0.1, 0.15) is 16.5 Å². The third-order valence-electron chi connectivity index (χ3n) is 3.23. The van der Waals surface area contributed by atoms with Crippen LogP contribution in [0.2, 0.25) is 0 Å². The molecule has 6 nitrogen and oxygen atoms in total. The van der Waals surface area contributed by atoms with Crippen molar-refractivity contribution in [2.24, 2.45) is 7.05 Å². The van der Waals surface area contributed by atoms with E-state index < -0.39 is 0 Å². The molecule has 0 aliphatic carbocycles. The number of hydrogen-bond acceptors (Lipinski definition) is 6. The monoisotopic (exact) mass is 302 g/mol. The molecule has 3 aromatic heterocycles. The van der Waals surface area contributed by atoms with E-state index in [9.17, 15) is 0 Å². The summed E-state index contributed by atoms with van der Waals surface area (Å²) in [5, 5.41) is 10.5. The highest BCUT2D eigenvalue weighted by atomic mass is 32.1. The van der Waals surface area contributed by atoms with Crippen molar-refractivity contribution in [3.8, 4) is 0 Å². The molecule has 0 aromatic carbocycles. The number of nitrogens with zero attached hydrogens (tertiary/aromatic N) is 5. The topological polar surface area (TPSA) is 58.9 Å². The van der Waals surface area contributed by atoms with Crippen LogP contribution < -0.4 is 5.32 Å². The number of aryl methyl sites for hydroxylation is 1. The summed E-state index contributed by atoms with van der Waals surface area (Å²) < 4.78 is 1.82. The van der Waals surface area contributed by atoms with E-state index in [-0.39, 0.29) is 0 Å². The lowest BCUT2D eigenvalue weighted by Crippen LogP contribution is -2.19. The summed E-state index contributed by atoms with van der Waals surface area (Å²) in [5.74, 6) is 1.73. The lowest BCUT2D eigenvalue weighted by Gasteiger charge is -2.15. The maximum Gasteiger partial charge on any atom is 0.146 e. The maximum atomic E-state index is 4.64. The van der Waals surface area contributed by atoms with E-state index in [1.165, 1.54) is 5.56 Å². The maximum absolute atomic E-state index is 4.64. The van der Waals surface area contributed by atoms with E-state index >= 15 is 0 Å². The fraction of sp³-hybridized carbons (Fsp3) is 0.357. The van der Waals surface area contributed by atoms with Crippen LogP contribution >= 0.6 is 11.3 Å². The second-order valence-corrected chi connectivity index (χ2v) is 5.97. The summed E-state index contributed by atoms with van der Waals surface area (Å²) in [7, 11) is 5.88. The third-order valence-corrected chi connectivity index (χ3v) is 4.04. The van der Waals surface area contributed by atoms with E-state index in [0.717, 1.165) is 28.4 Å². The van der Waals surface area contributed by atoms with Crippen LogP contribution in [0.1, 0.15) is 11.4 Å². The quantitative estimate of drug-likeness (QED) is 0.782. The number of hydrogen-bond donors (Lipinski definition) is 1. The Hall–Kier alpha value is -1.99. The minimum Gasteiger partial charge on any atom is -0.372 e. The molecule has 110 valence electrons. The molecule has 0 bridgehead atoms. The molecule has 0 atom stereocenters. The fourth-order valence-electron chi connectivity index (χ4n) is 2.32. The molecule has 3 aromatic rings. The van der Waals surface area contributed by atoms with E-state index in [2.05, 4.69) is 38.4 Å². The van der Waals surface area contributed by atoms with Gasteiger partial charge in [-0.1, -0.05) is 0 Å². The van der Waals surface area contributed by atoms with Gasteiger partial charge in [0.05, 0.1) is 18.1 Å². The van der Waals surface area contributed by atoms with Gasteiger partial charge in [0.25, 0.3) is 0 Å². The largest absolute Gasteiger partial charge is 0.372 e. The number of aromatic nitrogens is 4. The highest BCUT2D eigenvalue weighted by Crippen LogP contribution is 2.25. The van der Waals surface area contributed by atoms with Gasteiger partial charge in [-0.15, -0.1) is 11.3 Å². The Bertz CT molecular complexity index is 747. The average Bonchev–Trinajstić information content (AvgIpc) is 3.06. The summed E-state index contributed by atoms with van der Waals surface area (Å²) in [6.45, 7) is 1.53. The van der Waals surface area contributed by atoms with Gasteiger partial charge in [0.2, 0.25) is 0 Å². The molecular formula is C14H18N6S. The Kier molecular flexibility index (Phi) is 3.85. The van der Waals surface area contributed by atoms with E-state index in [1.54, 1.807) is 11.3 Å². The van der Waals surface area contributed by atoms with Crippen LogP contribution in [0.25, 0.3) is 10.2 Å². The van der Waals surface area contributed by atoms with Crippen LogP contribution in [-0.2, 0) is 20.1 Å². The summed E-state index contributed by atoms with van der Waals surface area (Å²) in [6, 6.07) is 2.05. The zero-order valence-electron chi connectivity index (χ0n) is 12.4. The molecular weight excluding hydrogens is 284 g/mol. The lowest BCUT2D eigenvalue weighted by atomic mass is 10.3. The van der Waals surface area contributed by atoms with Crippen LogP contribution in [0.5, 0.6) is 0 Å². The van der Waals surface area contributed by atoms with Crippen LogP contribution in [0, 0.1) is 0 Å². The molecule has 21 heavy (non-hydrogen) atoms. The van der Waals surface area contributed by atoms with Crippen molar-refractivity contribution >= 4 is 27.4 Å². The minimum absolute atomic E-state index is 0.706. The van der Waals surface area contributed by atoms with Gasteiger partial charge in [-0.2, -0.15) is 5.10 Å². The summed E-state index contributed by atoms with van der Waals surface area (Å²) in [4.78, 5) is 12.4. The van der Waals surface area contributed by atoms with Crippen molar-refractivity contribution in [2.75, 3.05) is 19.4 Å². The third kappa shape index (κ3) is 3.03. The normalized spacial score (nSPS) is 11.4. The molecule has 7 heteroatoms. The first-order valence-electron chi connectivity index (χ1n) is 6.73. The van der Waals surface area contributed by atoms with Gasteiger partial charge in [0, 0.05) is 32.4 Å². The smallest absolute Gasteiger partial charge is 0.146 e. The van der Waals surface area contributed by atoms with E-state index in [1.807, 2.05) is 36.6 Å². The predicted molar refractivity (Wildman–Crippen MR) is 85.3 cm³/mol. The van der Waals surface area contributed by atoms with Gasteiger partial charge < -0.3 is 5.32 Å². The molecule has 0 saturated carbocycles. The number of anilines is 1. The number of nitrogens with one attached hydrogen (secondary N) is 1. The first kappa shape index (κ1) is 14.0. The molecule has 0 amide bonds. The van der Waals surface area contributed by atoms with Crippen molar-refractivity contribution in [1.29, 1.82) is 0 Å². The number of thiophene rings is 1. The molecule has 1 N–H and O–H groups in total. The Morgan fingerprint density at radius 3 is 2.90 bits per heavy atom. The van der Waals surface area contributed by atoms with Gasteiger partial charge in [0.15, 0.2) is 0 Å². The molecule has 0 fully saturated rings. The minimum atomic E-state index is 0.706. The van der Waals surface area contributed by atoms with Gasteiger partial charge in [-0.05, 0) is 18.5 Å². The van der Waals surface area contributed by atoms with Gasteiger partial charge >= 0.3 is 0 Å². The highest BCUT2D eigenvalue weighted by molar-refractivity contribution is 7.16. The number of fused-ring (bicyclic) bond motifs is 1. The molecule has 0 unspecified atom stereocenters. The highest BCUT2D eigenvalue weighted by Gasteiger charge is 2.10. The SMILES string of the molecule is CNc1nc(CN(C)Cc2cnn(C)c2)nc2sccc12. The molecule has 0 aliphatic rings. The van der Waals surface area contributed by atoms with E-state index in [0.29, 0.717) is 6.54 Å². The summed E-state index contributed by atoms with van der Waals surface area (Å²) >= 11 is 1.64. The molecule has 3 rings (SSSR count). The molecule has 3 heterocycles. The Morgan fingerprint density at radius 1 is 1.33 bits per heavy atom. The predicted octanol–water partition coefficient (Wildman–Crippen LogP) is 2.10. The van der Waals surface area contributed by atoms with Crippen molar-refractivity contribution < 1.29 is 0 Å². The van der Waals surface area contributed by atoms with Crippen molar-refractivity contribution in [3.05, 3.63) is 35.2 Å². The fourth-order valence-corrected chi connectivity index (χ4v) is 3.11. The summed E-state index contributed by atoms with van der Waals surface area (Å²) in [5.41, 5.74) is 1.19.